The van der Waals surface area contributed by atoms with Gasteiger partial charge < -0.3 is 10.1 Å². The zero-order valence-corrected chi connectivity index (χ0v) is 17.4. The van der Waals surface area contributed by atoms with Crippen molar-refractivity contribution in [3.8, 4) is 5.75 Å². The van der Waals surface area contributed by atoms with Crippen molar-refractivity contribution in [1.82, 2.24) is 4.72 Å². The van der Waals surface area contributed by atoms with E-state index in [1.807, 2.05) is 0 Å². The maximum atomic E-state index is 12.6. The maximum Gasteiger partial charge on any atom is 0.271 e. The molecule has 1 amide bonds. The minimum absolute atomic E-state index is 0.00915. The summed E-state index contributed by atoms with van der Waals surface area (Å²) in [4.78, 5) is 22.9. The first kappa shape index (κ1) is 21.8. The summed E-state index contributed by atoms with van der Waals surface area (Å²) in [5, 5.41) is 13.4. The van der Waals surface area contributed by atoms with Crippen LogP contribution in [-0.2, 0) is 14.8 Å². The van der Waals surface area contributed by atoms with E-state index < -0.39 is 26.9 Å². The minimum Gasteiger partial charge on any atom is -0.495 e. The molecular weight excluding hydrogens is 454 g/mol. The van der Waals surface area contributed by atoms with Crippen molar-refractivity contribution in [3.63, 3.8) is 0 Å². The molecule has 1 atom stereocenters. The molecule has 2 rings (SSSR count). The molecular formula is C17H18BrN3O6S. The van der Waals surface area contributed by atoms with E-state index in [1.165, 1.54) is 31.4 Å². The fraction of sp³-hybridized carbons (Fsp3) is 0.235. The Kier molecular flexibility index (Phi) is 7.11. The Morgan fingerprint density at radius 3 is 2.43 bits per heavy atom. The van der Waals surface area contributed by atoms with Crippen molar-refractivity contribution < 1.29 is 22.9 Å². The van der Waals surface area contributed by atoms with Crippen LogP contribution in [-0.4, -0.2) is 32.4 Å². The Bertz CT molecular complexity index is 979. The summed E-state index contributed by atoms with van der Waals surface area (Å²) < 4.78 is 33.2. The number of methoxy groups -OCH3 is 1. The molecule has 0 spiro atoms. The van der Waals surface area contributed by atoms with Gasteiger partial charge in [-0.2, -0.15) is 4.72 Å². The monoisotopic (exact) mass is 471 g/mol. The van der Waals surface area contributed by atoms with Crippen molar-refractivity contribution >= 4 is 43.2 Å². The lowest BCUT2D eigenvalue weighted by molar-refractivity contribution is -0.384. The van der Waals surface area contributed by atoms with Gasteiger partial charge in [-0.15, -0.1) is 0 Å². The summed E-state index contributed by atoms with van der Waals surface area (Å²) in [5.74, 6) is -0.452. The van der Waals surface area contributed by atoms with Crippen LogP contribution in [0.3, 0.4) is 0 Å². The van der Waals surface area contributed by atoms with Gasteiger partial charge >= 0.3 is 0 Å². The summed E-state index contributed by atoms with van der Waals surface area (Å²) in [7, 11) is -2.58. The molecule has 0 aliphatic carbocycles. The normalized spacial score (nSPS) is 12.2. The van der Waals surface area contributed by atoms with Gasteiger partial charge in [0.05, 0.1) is 22.6 Å². The Hall–Kier alpha value is -2.50. The van der Waals surface area contributed by atoms with Crippen molar-refractivity contribution in [2.24, 2.45) is 0 Å². The predicted molar refractivity (Wildman–Crippen MR) is 107 cm³/mol. The van der Waals surface area contributed by atoms with E-state index in [0.717, 1.165) is 6.07 Å². The highest BCUT2D eigenvalue weighted by Crippen LogP contribution is 2.29. The number of rotatable bonds is 8. The molecule has 0 fully saturated rings. The summed E-state index contributed by atoms with van der Waals surface area (Å²) >= 11 is 3.23. The van der Waals surface area contributed by atoms with E-state index >= 15 is 0 Å². The Morgan fingerprint density at radius 1 is 1.25 bits per heavy atom. The summed E-state index contributed by atoms with van der Waals surface area (Å²) in [5.41, 5.74) is -0.164. The van der Waals surface area contributed by atoms with Crippen LogP contribution in [0, 0.1) is 10.1 Å². The molecule has 9 nitrogen and oxygen atoms in total. The molecule has 0 aliphatic rings. The molecule has 0 radical (unpaired) electrons. The molecule has 2 N–H and O–H groups in total. The smallest absolute Gasteiger partial charge is 0.271 e. The Morgan fingerprint density at radius 2 is 1.89 bits per heavy atom. The van der Waals surface area contributed by atoms with E-state index in [9.17, 15) is 23.3 Å². The second kappa shape index (κ2) is 9.13. The number of carbonyl (C=O) groups is 1. The van der Waals surface area contributed by atoms with E-state index in [2.05, 4.69) is 26.0 Å². The SMILES string of the molecule is CCC(NS(=O)(=O)c1ccc(Br)cc1)C(=O)Nc1cc([N+](=O)[O-])ccc1OC. The Labute approximate surface area is 170 Å². The van der Waals surface area contributed by atoms with Gasteiger partial charge in [-0.25, -0.2) is 8.42 Å². The first-order valence-electron chi connectivity index (χ1n) is 8.09. The highest BCUT2D eigenvalue weighted by Gasteiger charge is 2.25. The third kappa shape index (κ3) is 5.27. The van der Waals surface area contributed by atoms with Crippen LogP contribution < -0.4 is 14.8 Å². The molecule has 0 saturated heterocycles. The van der Waals surface area contributed by atoms with E-state index in [4.69, 9.17) is 4.74 Å². The lowest BCUT2D eigenvalue weighted by Crippen LogP contribution is -2.43. The molecule has 0 saturated carbocycles. The largest absolute Gasteiger partial charge is 0.495 e. The first-order valence-corrected chi connectivity index (χ1v) is 10.4. The standard InChI is InChI=1S/C17H18BrN3O6S/c1-3-14(20-28(25,26)13-7-4-11(18)5-8-13)17(22)19-15-10-12(21(23)24)6-9-16(15)27-2/h4-10,14,20H,3H2,1-2H3,(H,19,22). The molecule has 2 aromatic rings. The lowest BCUT2D eigenvalue weighted by atomic mass is 10.2. The third-order valence-corrected chi connectivity index (χ3v) is 5.81. The molecule has 0 heterocycles. The summed E-state index contributed by atoms with van der Waals surface area (Å²) in [6, 6.07) is 8.60. The van der Waals surface area contributed by atoms with E-state index in [-0.39, 0.29) is 28.4 Å². The highest BCUT2D eigenvalue weighted by atomic mass is 79.9. The third-order valence-electron chi connectivity index (χ3n) is 3.80. The highest BCUT2D eigenvalue weighted by molar-refractivity contribution is 9.10. The number of anilines is 1. The average molecular weight is 472 g/mol. The van der Waals surface area contributed by atoms with Crippen LogP contribution in [0.15, 0.2) is 51.8 Å². The number of hydrogen-bond acceptors (Lipinski definition) is 6. The van der Waals surface area contributed by atoms with Crippen LogP contribution in [0.5, 0.6) is 5.75 Å². The van der Waals surface area contributed by atoms with Gasteiger partial charge in [-0.05, 0) is 36.8 Å². The van der Waals surface area contributed by atoms with Crippen LogP contribution in [0.25, 0.3) is 0 Å². The number of benzene rings is 2. The number of halogens is 1. The Balaban J connectivity index is 2.23. The first-order chi connectivity index (χ1) is 13.2. The quantitative estimate of drug-likeness (QED) is 0.449. The topological polar surface area (TPSA) is 128 Å². The number of amides is 1. The number of nitro benzene ring substituents is 1. The van der Waals surface area contributed by atoms with Gasteiger partial charge in [-0.1, -0.05) is 22.9 Å². The van der Waals surface area contributed by atoms with Crippen LogP contribution in [0.4, 0.5) is 11.4 Å². The molecule has 1 unspecified atom stereocenters. The van der Waals surface area contributed by atoms with Crippen molar-refractivity contribution in [1.29, 1.82) is 0 Å². The van der Waals surface area contributed by atoms with Crippen LogP contribution >= 0.6 is 15.9 Å². The van der Waals surface area contributed by atoms with Gasteiger partial charge in [0.1, 0.15) is 11.8 Å². The van der Waals surface area contributed by atoms with Crippen LogP contribution in [0.2, 0.25) is 0 Å². The molecule has 28 heavy (non-hydrogen) atoms. The van der Waals surface area contributed by atoms with Gasteiger partial charge in [-0.3, -0.25) is 14.9 Å². The fourth-order valence-corrected chi connectivity index (χ4v) is 3.86. The van der Waals surface area contributed by atoms with E-state index in [1.54, 1.807) is 19.1 Å². The molecule has 150 valence electrons. The van der Waals surface area contributed by atoms with Gasteiger partial charge in [0.25, 0.3) is 5.69 Å². The number of carbonyl (C=O) groups excluding carboxylic acids is 1. The number of nitrogens with one attached hydrogen (secondary N) is 2. The number of nitrogens with zero attached hydrogens (tertiary/aromatic N) is 1. The molecule has 0 aromatic heterocycles. The number of ether oxygens (including phenoxy) is 1. The second-order valence-corrected chi connectivity index (χ2v) is 8.30. The molecule has 11 heteroatoms. The van der Waals surface area contributed by atoms with Gasteiger partial charge in [0.2, 0.25) is 15.9 Å². The molecule has 0 aliphatic heterocycles. The molecule has 2 aromatic carbocycles. The molecule has 0 bridgehead atoms. The lowest BCUT2D eigenvalue weighted by Gasteiger charge is -2.18. The number of hydrogen-bond donors (Lipinski definition) is 2. The van der Waals surface area contributed by atoms with Gasteiger partial charge in [0, 0.05) is 16.6 Å². The van der Waals surface area contributed by atoms with Crippen molar-refractivity contribution in [3.05, 3.63) is 57.1 Å². The number of sulfonamides is 1. The zero-order chi connectivity index (χ0) is 20.9. The number of non-ortho nitro benzene ring substituents is 1. The van der Waals surface area contributed by atoms with Crippen molar-refractivity contribution in [2.75, 3.05) is 12.4 Å². The minimum atomic E-state index is -3.93. The van der Waals surface area contributed by atoms with Gasteiger partial charge in [0.15, 0.2) is 0 Å². The fourth-order valence-electron chi connectivity index (χ4n) is 2.32. The second-order valence-electron chi connectivity index (χ2n) is 5.67. The van der Waals surface area contributed by atoms with Crippen LogP contribution in [0.1, 0.15) is 13.3 Å². The summed E-state index contributed by atoms with van der Waals surface area (Å²) in [6.45, 7) is 1.64. The predicted octanol–water partition coefficient (Wildman–Crippen LogP) is 3.06. The van der Waals surface area contributed by atoms with E-state index in [0.29, 0.717) is 4.47 Å². The number of nitro groups is 1. The van der Waals surface area contributed by atoms with Crippen molar-refractivity contribution in [2.45, 2.75) is 24.3 Å². The summed E-state index contributed by atoms with van der Waals surface area (Å²) in [6.07, 6.45) is 0.166. The zero-order valence-electron chi connectivity index (χ0n) is 15.0. The average Bonchev–Trinajstić information content (AvgIpc) is 2.66. The maximum absolute atomic E-state index is 12.6.